The number of oxazole rings is 1. The maximum absolute atomic E-state index is 11.7. The van der Waals surface area contributed by atoms with Crippen molar-refractivity contribution in [3.05, 3.63) is 194 Å². The number of phenols is 3. The Morgan fingerprint density at radius 1 is 0.562 bits per heavy atom. The smallest absolute Gasteiger partial charge is 0.349 e. The summed E-state index contributed by atoms with van der Waals surface area (Å²) in [5.74, 6) is -3.34. The van der Waals surface area contributed by atoms with E-state index in [4.69, 9.17) is 104 Å². The molecule has 2 amide bonds. The van der Waals surface area contributed by atoms with E-state index >= 15 is 0 Å². The summed E-state index contributed by atoms with van der Waals surface area (Å²) in [5.41, 5.74) is 7.12. The molecule has 0 bridgehead atoms. The number of hydrogen-bond acceptors (Lipinski definition) is 20. The van der Waals surface area contributed by atoms with E-state index in [1.54, 1.807) is 56.7 Å². The summed E-state index contributed by atoms with van der Waals surface area (Å²) < 4.78 is 53.7. The second kappa shape index (κ2) is 55.2. The fourth-order valence-corrected chi connectivity index (χ4v) is 7.60. The van der Waals surface area contributed by atoms with E-state index in [0.717, 1.165) is 5.56 Å². The summed E-state index contributed by atoms with van der Waals surface area (Å²) in [5, 5.41) is 52.6. The number of nitrogens with zero attached hydrogens (tertiary/aromatic N) is 1. The predicted molar refractivity (Wildman–Crippen MR) is 381 cm³/mol. The van der Waals surface area contributed by atoms with Crippen LogP contribution in [-0.4, -0.2) is 153 Å². The van der Waals surface area contributed by atoms with E-state index < -0.39 is 51.7 Å². The molecule has 0 saturated heterocycles. The molecule has 96 heavy (non-hydrogen) atoms. The molecular formula is C64H85BrCl6N4O20S. The number of methoxy groups -OCH3 is 7. The molecule has 24 nitrogen and oxygen atoms in total. The number of aliphatic carboxylic acids is 1. The summed E-state index contributed by atoms with van der Waals surface area (Å²) in [6, 6.07) is 35.3. The topological polar surface area (TPSA) is 354 Å². The molecule has 6 aromatic carbocycles. The molecule has 7 aromatic rings. The van der Waals surface area contributed by atoms with E-state index in [1.165, 1.54) is 103 Å². The highest BCUT2D eigenvalue weighted by molar-refractivity contribution is 9.09. The molecule has 2 atom stereocenters. The highest BCUT2D eigenvalue weighted by Crippen LogP contribution is 2.35. The lowest BCUT2D eigenvalue weighted by atomic mass is 10.1. The summed E-state index contributed by atoms with van der Waals surface area (Å²) in [6.07, 6.45) is 0.476. The first-order valence-corrected chi connectivity index (χ1v) is 30.8. The first-order valence-electron chi connectivity index (χ1n) is 25.5. The highest BCUT2D eigenvalue weighted by atomic mass is 79.9. The van der Waals surface area contributed by atoms with Gasteiger partial charge in [0.2, 0.25) is 21.2 Å². The van der Waals surface area contributed by atoms with Crippen LogP contribution in [0.4, 0.5) is 0 Å². The third-order valence-electron chi connectivity index (χ3n) is 10.9. The molecule has 32 heteroatoms. The van der Waals surface area contributed by atoms with Gasteiger partial charge >= 0.3 is 17.9 Å². The minimum Gasteiger partial charge on any atom is -0.507 e. The molecule has 2 unspecified atom stereocenters. The zero-order valence-electron chi connectivity index (χ0n) is 49.3. The van der Waals surface area contributed by atoms with Gasteiger partial charge in [-0.1, -0.05) is 160 Å². The first-order chi connectivity index (χ1) is 43.2. The number of carbonyl (C=O) groups excluding carboxylic acids is 3. The van der Waals surface area contributed by atoms with Gasteiger partial charge in [0.25, 0.3) is 11.8 Å². The number of rotatable bonds is 21. The SMILES string of the molecule is C.C.C.C.C.COC(=O)C(Br)c1ccccc1.COC(CN)OC.COC(CNC(=O)c1cc(Cl)ccc1O)OC.COC(CNC(=O)c1cc(Cl)ccc1O)OC.O=C(O)C(Oc1ccc(Cl)cc1-c1ncco1)c1ccccc1.O=C(O)c1cc(Cl)ccc1O.O=S(Cl)Cl. The Morgan fingerprint density at radius 2 is 0.927 bits per heavy atom. The average Bonchev–Trinajstić information content (AvgIpc) is 1.21. The fraction of sp³-hybridized carbons (Fsp3) is 0.312. The maximum atomic E-state index is 11.7. The summed E-state index contributed by atoms with van der Waals surface area (Å²) in [6.45, 7) is 0.766. The highest BCUT2D eigenvalue weighted by Gasteiger charge is 2.25. The number of carboxylic acid groups (broad SMARTS) is 2. The van der Waals surface area contributed by atoms with Gasteiger partial charge in [-0.25, -0.2) is 18.8 Å². The van der Waals surface area contributed by atoms with Crippen LogP contribution in [0.2, 0.25) is 20.1 Å². The molecule has 0 radical (unpaired) electrons. The number of aromatic carboxylic acids is 1. The van der Waals surface area contributed by atoms with Gasteiger partial charge in [-0.15, -0.1) is 0 Å². The van der Waals surface area contributed by atoms with Crippen LogP contribution in [0.5, 0.6) is 23.0 Å². The Hall–Kier alpha value is -6.83. The molecule has 9 N–H and O–H groups in total. The molecule has 0 aliphatic carbocycles. The molecular weight excluding hydrogens is 1470 g/mol. The number of alkyl halides is 1. The number of phenolic OH excluding ortho intramolecular Hbond substituents is 2. The van der Waals surface area contributed by atoms with Crippen molar-refractivity contribution >= 4 is 123 Å². The van der Waals surface area contributed by atoms with Crippen LogP contribution < -0.4 is 21.1 Å². The van der Waals surface area contributed by atoms with E-state index in [0.29, 0.717) is 49.4 Å². The van der Waals surface area contributed by atoms with Crippen molar-refractivity contribution < 1.29 is 96.0 Å². The number of aromatic hydroxyl groups is 3. The third kappa shape index (κ3) is 38.2. The van der Waals surface area contributed by atoms with Gasteiger partial charge in [-0.3, -0.25) is 14.4 Å². The Morgan fingerprint density at radius 3 is 1.25 bits per heavy atom. The van der Waals surface area contributed by atoms with Crippen molar-refractivity contribution in [2.45, 2.75) is 66.9 Å². The van der Waals surface area contributed by atoms with Crippen molar-refractivity contribution in [3.63, 3.8) is 0 Å². The van der Waals surface area contributed by atoms with Crippen LogP contribution in [0, 0.1) is 0 Å². The number of nitrogens with two attached hydrogens (primary N) is 1. The monoisotopic (exact) mass is 1550 g/mol. The number of halogens is 7. The molecule has 0 spiro atoms. The Bertz CT molecular complexity index is 3220. The minimum atomic E-state index is -1.67. The molecule has 0 aliphatic rings. The van der Waals surface area contributed by atoms with E-state index in [1.807, 2.05) is 36.4 Å². The molecule has 0 aliphatic heterocycles. The summed E-state index contributed by atoms with van der Waals surface area (Å²) in [7, 11) is 17.7. The van der Waals surface area contributed by atoms with Crippen molar-refractivity contribution in [3.8, 4) is 34.5 Å². The molecule has 0 fully saturated rings. The number of amides is 2. The number of aromatic nitrogens is 1. The normalized spacial score (nSPS) is 10.3. The van der Waals surface area contributed by atoms with Crippen LogP contribution in [-0.2, 0) is 52.0 Å². The van der Waals surface area contributed by atoms with Crippen LogP contribution >= 0.6 is 83.7 Å². The minimum absolute atomic E-state index is 0. The lowest BCUT2D eigenvalue weighted by Gasteiger charge is -2.17. The first kappa shape index (κ1) is 97.8. The van der Waals surface area contributed by atoms with Gasteiger partial charge < -0.3 is 84.2 Å². The van der Waals surface area contributed by atoms with Gasteiger partial charge in [0.15, 0.2) is 18.9 Å². The summed E-state index contributed by atoms with van der Waals surface area (Å²) in [4.78, 5) is 60.1. The second-order valence-electron chi connectivity index (χ2n) is 16.9. The maximum Gasteiger partial charge on any atom is 0.349 e. The number of ether oxygens (including phenoxy) is 8. The standard InChI is InChI=1S/C17H12ClNO4.2C11H14ClNO4.C9H9BrO2.C7H5ClO3.C4H11NO2.5CH4.Cl2OS/c18-12-6-7-14(13(10-12)16-19-8-9-22-16)23-15(17(20)21)11-4-2-1-3-5-11;2*1-16-10(17-2)6-13-11(15)8-5-7(12)3-4-9(8)14;1-12-9(11)8(10)7-5-3-2-4-6-7;8-4-1-2-6(9)5(3-4)7(10)11;1-6-4(3-5)7-2;;;;;;1-4(2)3/h1-10,15H,(H,20,21);2*3-5,10,14H,6H2,1-2H3,(H,13,15);2-6,8H,1H3;1-3,9H,(H,10,11);4H,3,5H2,1-2H3;5*1H4;. The number of hydrogen-bond donors (Lipinski definition) is 8. The van der Waals surface area contributed by atoms with E-state index in [9.17, 15) is 39.3 Å². The molecule has 0 saturated carbocycles. The Kier molecular flexibility index (Phi) is 56.3. The average molecular weight is 1560 g/mol. The third-order valence-corrected chi connectivity index (χ3v) is 12.7. The van der Waals surface area contributed by atoms with Crippen LogP contribution in [0.15, 0.2) is 150 Å². The number of carboxylic acids is 2. The van der Waals surface area contributed by atoms with Crippen LogP contribution in [0.25, 0.3) is 11.5 Å². The second-order valence-corrected chi connectivity index (χ2v) is 22.0. The van der Waals surface area contributed by atoms with Crippen molar-refractivity contribution in [1.29, 1.82) is 0 Å². The molecule has 7 rings (SSSR count). The van der Waals surface area contributed by atoms with Crippen LogP contribution in [0.3, 0.4) is 0 Å². The lowest BCUT2D eigenvalue weighted by Crippen LogP contribution is -2.34. The largest absolute Gasteiger partial charge is 0.507 e. The van der Waals surface area contributed by atoms with Crippen LogP contribution in [0.1, 0.15) is 90.3 Å². The molecule has 1 heterocycles. The van der Waals surface area contributed by atoms with Gasteiger partial charge in [-0.05, 0) is 78.4 Å². The zero-order chi connectivity index (χ0) is 68.6. The fourth-order valence-electron chi connectivity index (χ4n) is 6.42. The van der Waals surface area contributed by atoms with E-state index in [-0.39, 0.29) is 101 Å². The van der Waals surface area contributed by atoms with Crippen molar-refractivity contribution in [2.75, 3.05) is 69.4 Å². The predicted octanol–water partition coefficient (Wildman–Crippen LogP) is 14.8. The summed E-state index contributed by atoms with van der Waals surface area (Å²) >= 11 is 26.2. The Balaban J connectivity index is -0.000000347. The van der Waals surface area contributed by atoms with Gasteiger partial charge in [-0.2, -0.15) is 0 Å². The van der Waals surface area contributed by atoms with Gasteiger partial charge in [0.05, 0.1) is 43.1 Å². The quantitative estimate of drug-likeness (QED) is 0.0143. The zero-order valence-corrected chi connectivity index (χ0v) is 56.2. The number of carbonyl (C=O) groups is 5. The van der Waals surface area contributed by atoms with Gasteiger partial charge in [0.1, 0.15) is 39.7 Å². The molecule has 1 aromatic heterocycles. The number of nitrogens with one attached hydrogen (secondary N) is 2. The van der Waals surface area contributed by atoms with Gasteiger partial charge in [0, 0.05) is 96.2 Å². The Labute approximate surface area is 600 Å². The van der Waals surface area contributed by atoms with Crippen molar-refractivity contribution in [2.24, 2.45) is 5.73 Å². The number of esters is 1. The lowest BCUT2D eigenvalue weighted by molar-refractivity contribution is -0.145. The van der Waals surface area contributed by atoms with E-state index in [2.05, 4.69) is 57.6 Å². The molecule has 536 valence electrons. The number of benzene rings is 6. The van der Waals surface area contributed by atoms with Crippen molar-refractivity contribution in [1.82, 2.24) is 15.6 Å².